The summed E-state index contributed by atoms with van der Waals surface area (Å²) in [5.41, 5.74) is 1.57. The average molecular weight is 351 g/mol. The molecule has 0 aliphatic heterocycles. The van der Waals surface area contributed by atoms with Gasteiger partial charge < -0.3 is 9.73 Å². The monoisotopic (exact) mass is 351 g/mol. The summed E-state index contributed by atoms with van der Waals surface area (Å²) >= 11 is 0. The molecule has 0 aliphatic rings. The van der Waals surface area contributed by atoms with Crippen LogP contribution < -0.4 is 5.32 Å². The Kier molecular flexibility index (Phi) is 5.38. The first-order chi connectivity index (χ1) is 11.2. The molecule has 24 heavy (non-hydrogen) atoms. The van der Waals surface area contributed by atoms with E-state index in [0.29, 0.717) is 12.0 Å². The fourth-order valence-corrected chi connectivity index (χ4v) is 2.58. The van der Waals surface area contributed by atoms with Gasteiger partial charge >= 0.3 is 5.22 Å². The second-order valence-electron chi connectivity index (χ2n) is 6.20. The maximum Gasteiger partial charge on any atom is 0.335 e. The minimum Gasteiger partial charge on any atom is -0.410 e. The summed E-state index contributed by atoms with van der Waals surface area (Å²) in [6.07, 6.45) is 1.54. The number of nitrogens with one attached hydrogen (secondary N) is 1. The molecule has 0 spiro atoms. The lowest BCUT2D eigenvalue weighted by Gasteiger charge is -2.17. The van der Waals surface area contributed by atoms with E-state index in [1.54, 1.807) is 12.1 Å². The molecule has 0 aliphatic carbocycles. The van der Waals surface area contributed by atoms with Gasteiger partial charge in [-0.15, -0.1) is 5.10 Å². The van der Waals surface area contributed by atoms with Crippen LogP contribution in [0.25, 0.3) is 0 Å². The van der Waals surface area contributed by atoms with E-state index in [4.69, 9.17) is 4.42 Å². The minimum absolute atomic E-state index is 0.0876. The van der Waals surface area contributed by atoms with E-state index >= 15 is 0 Å². The van der Waals surface area contributed by atoms with Gasteiger partial charge in [-0.1, -0.05) is 36.6 Å². The molecule has 2 aromatic rings. The highest BCUT2D eigenvalue weighted by molar-refractivity contribution is 7.90. The summed E-state index contributed by atoms with van der Waals surface area (Å²) in [7, 11) is -3.58. The summed E-state index contributed by atoms with van der Waals surface area (Å²) in [4.78, 5) is 12.4. The van der Waals surface area contributed by atoms with E-state index in [2.05, 4.69) is 15.5 Å². The first-order valence-corrected chi connectivity index (χ1v) is 9.47. The van der Waals surface area contributed by atoms with Crippen molar-refractivity contribution < 1.29 is 17.6 Å². The smallest absolute Gasteiger partial charge is 0.335 e. The summed E-state index contributed by atoms with van der Waals surface area (Å²) in [5.74, 6) is 0.0474. The van der Waals surface area contributed by atoms with Gasteiger partial charge in [-0.2, -0.15) is 0 Å². The van der Waals surface area contributed by atoms with Crippen molar-refractivity contribution in [2.75, 3.05) is 6.26 Å². The summed E-state index contributed by atoms with van der Waals surface area (Å²) in [6.45, 7) is 5.91. The highest BCUT2D eigenvalue weighted by Gasteiger charge is 2.25. The maximum atomic E-state index is 12.4. The van der Waals surface area contributed by atoms with Gasteiger partial charge in [0.05, 0.1) is 0 Å². The molecule has 2 rings (SSSR count). The van der Waals surface area contributed by atoms with Crippen LogP contribution in [-0.4, -0.2) is 30.8 Å². The lowest BCUT2D eigenvalue weighted by Crippen LogP contribution is -2.29. The Morgan fingerprint density at radius 1 is 1.21 bits per heavy atom. The van der Waals surface area contributed by atoms with Crippen LogP contribution in [0, 0.1) is 12.8 Å². The second-order valence-corrected chi connectivity index (χ2v) is 8.09. The van der Waals surface area contributed by atoms with Crippen LogP contribution in [0.5, 0.6) is 0 Å². The molecule has 0 bridgehead atoms. The second kappa shape index (κ2) is 7.12. The Bertz CT molecular complexity index is 810. The van der Waals surface area contributed by atoms with E-state index in [0.717, 1.165) is 11.8 Å². The van der Waals surface area contributed by atoms with Crippen LogP contribution in [0.4, 0.5) is 0 Å². The Hall–Kier alpha value is -2.22. The maximum absolute atomic E-state index is 12.4. The molecular formula is C16H21N3O4S. The van der Waals surface area contributed by atoms with Crippen molar-refractivity contribution in [3.8, 4) is 0 Å². The normalized spacial score (nSPS) is 13.0. The number of amides is 1. The van der Waals surface area contributed by atoms with Crippen molar-refractivity contribution in [2.24, 2.45) is 5.92 Å². The van der Waals surface area contributed by atoms with Gasteiger partial charge in [-0.3, -0.25) is 4.79 Å². The topological polar surface area (TPSA) is 102 Å². The minimum atomic E-state index is -3.58. The number of aryl methyl sites for hydroxylation is 1. The molecule has 0 saturated heterocycles. The fraction of sp³-hybridized carbons (Fsp3) is 0.438. The zero-order valence-corrected chi connectivity index (χ0v) is 14.9. The lowest BCUT2D eigenvalue weighted by molar-refractivity contribution is 0.0923. The molecule has 1 amide bonds. The first-order valence-electron chi connectivity index (χ1n) is 7.58. The first kappa shape index (κ1) is 18.1. The summed E-state index contributed by atoms with van der Waals surface area (Å²) in [6, 6.07) is 6.60. The predicted molar refractivity (Wildman–Crippen MR) is 88.2 cm³/mol. The largest absolute Gasteiger partial charge is 0.410 e. The molecule has 8 heteroatoms. The van der Waals surface area contributed by atoms with Gasteiger partial charge in [0.2, 0.25) is 15.7 Å². The Labute approximate surface area is 141 Å². The molecule has 130 valence electrons. The zero-order valence-electron chi connectivity index (χ0n) is 14.1. The van der Waals surface area contributed by atoms with E-state index in [-0.39, 0.29) is 17.7 Å². The zero-order chi connectivity index (χ0) is 17.9. The number of rotatable bonds is 6. The molecule has 1 N–H and O–H groups in total. The van der Waals surface area contributed by atoms with E-state index < -0.39 is 21.1 Å². The molecule has 7 nitrogen and oxygen atoms in total. The van der Waals surface area contributed by atoms with Crippen LogP contribution in [-0.2, 0) is 9.84 Å². The van der Waals surface area contributed by atoms with Crippen LogP contribution in [0.3, 0.4) is 0 Å². The molecule has 1 heterocycles. The molecule has 0 unspecified atom stereocenters. The molecule has 0 fully saturated rings. The van der Waals surface area contributed by atoms with E-state index in [1.165, 1.54) is 0 Å². The lowest BCUT2D eigenvalue weighted by atomic mass is 10.0. The van der Waals surface area contributed by atoms with Crippen LogP contribution in [0.15, 0.2) is 33.9 Å². The summed E-state index contributed by atoms with van der Waals surface area (Å²) in [5, 5.41) is 9.72. The van der Waals surface area contributed by atoms with Gasteiger partial charge in [-0.25, -0.2) is 8.42 Å². The van der Waals surface area contributed by atoms with Crippen LogP contribution in [0.2, 0.25) is 0 Å². The molecule has 1 aromatic heterocycles. The average Bonchev–Trinajstić information content (AvgIpc) is 2.96. The van der Waals surface area contributed by atoms with Crippen molar-refractivity contribution in [3.63, 3.8) is 0 Å². The number of sulfone groups is 1. The quantitative estimate of drug-likeness (QED) is 0.857. The standard InChI is InChI=1S/C16H21N3O4S/c1-10(2)9-13(15-18-19-16(23-15)24(4,21)22)17-14(20)12-7-5-11(3)6-8-12/h5-8,10,13H,9H2,1-4H3,(H,17,20)/t13-/m0/s1. The number of hydrogen-bond acceptors (Lipinski definition) is 6. The van der Waals surface area contributed by atoms with Crippen molar-refractivity contribution in [2.45, 2.75) is 38.5 Å². The van der Waals surface area contributed by atoms with Crippen molar-refractivity contribution >= 4 is 15.7 Å². The number of carbonyl (C=O) groups is 1. The molecular weight excluding hydrogens is 330 g/mol. The van der Waals surface area contributed by atoms with E-state index in [1.807, 2.05) is 32.9 Å². The van der Waals surface area contributed by atoms with Gasteiger partial charge in [0, 0.05) is 11.8 Å². The van der Waals surface area contributed by atoms with E-state index in [9.17, 15) is 13.2 Å². The van der Waals surface area contributed by atoms with Gasteiger partial charge in [-0.05, 0) is 31.4 Å². The van der Waals surface area contributed by atoms with Crippen LogP contribution in [0.1, 0.15) is 48.1 Å². The third-order valence-corrected chi connectivity index (χ3v) is 4.16. The molecule has 0 radical (unpaired) electrons. The third-order valence-electron chi connectivity index (χ3n) is 3.36. The molecule has 0 saturated carbocycles. The number of aromatic nitrogens is 2. The van der Waals surface area contributed by atoms with Crippen molar-refractivity contribution in [3.05, 3.63) is 41.3 Å². The van der Waals surface area contributed by atoms with Gasteiger partial charge in [0.25, 0.3) is 5.91 Å². The Morgan fingerprint density at radius 2 is 1.83 bits per heavy atom. The number of hydrogen-bond donors (Lipinski definition) is 1. The Morgan fingerprint density at radius 3 is 2.33 bits per heavy atom. The number of nitrogens with zero attached hydrogens (tertiary/aromatic N) is 2. The third kappa shape index (κ3) is 4.64. The fourth-order valence-electron chi connectivity index (χ4n) is 2.15. The van der Waals surface area contributed by atoms with Crippen molar-refractivity contribution in [1.82, 2.24) is 15.5 Å². The summed E-state index contributed by atoms with van der Waals surface area (Å²) < 4.78 is 28.2. The molecule has 1 atom stereocenters. The highest BCUT2D eigenvalue weighted by atomic mass is 32.2. The van der Waals surface area contributed by atoms with Gasteiger partial charge in [0.1, 0.15) is 6.04 Å². The van der Waals surface area contributed by atoms with Crippen molar-refractivity contribution in [1.29, 1.82) is 0 Å². The number of benzene rings is 1. The van der Waals surface area contributed by atoms with Crippen LogP contribution >= 0.6 is 0 Å². The SMILES string of the molecule is Cc1ccc(C(=O)N[C@@H](CC(C)C)c2nnc(S(C)(=O)=O)o2)cc1. The predicted octanol–water partition coefficient (Wildman–Crippen LogP) is 2.30. The molecule has 1 aromatic carbocycles. The van der Waals surface area contributed by atoms with Gasteiger partial charge in [0.15, 0.2) is 0 Å². The Balaban J connectivity index is 2.23. The number of carbonyl (C=O) groups excluding carboxylic acids is 1. The highest BCUT2D eigenvalue weighted by Crippen LogP contribution is 2.22.